The van der Waals surface area contributed by atoms with Gasteiger partial charge in [-0.15, -0.1) is 0 Å². The van der Waals surface area contributed by atoms with E-state index in [0.29, 0.717) is 0 Å². The van der Waals surface area contributed by atoms with Crippen LogP contribution in [0.2, 0.25) is 0 Å². The van der Waals surface area contributed by atoms with Crippen LogP contribution in [-0.4, -0.2) is 0 Å². The molecule has 0 amide bonds. The first kappa shape index (κ1) is 7.61. The largest absolute Gasteiger partial charge is 0.368 e. The molecule has 0 saturated carbocycles. The highest BCUT2D eigenvalue weighted by atomic mass is 14.8. The fraction of sp³-hybridized carbons (Fsp3) is 0. The lowest BCUT2D eigenvalue weighted by atomic mass is 10.4. The number of rotatable bonds is 0. The van der Waals surface area contributed by atoms with E-state index in [0.717, 1.165) is 0 Å². The molecular formula is C10H11N. The van der Waals surface area contributed by atoms with E-state index in [1.165, 1.54) is 0 Å². The van der Waals surface area contributed by atoms with E-state index >= 15 is 0 Å². The highest BCUT2D eigenvalue weighted by molar-refractivity contribution is 5.18. The minimum absolute atomic E-state index is 1.88. The van der Waals surface area contributed by atoms with Crippen molar-refractivity contribution in [3.8, 4) is 0 Å². The van der Waals surface area contributed by atoms with E-state index in [4.69, 9.17) is 0 Å². The molecule has 0 fully saturated rings. The lowest BCUT2D eigenvalue weighted by molar-refractivity contribution is 1.20. The summed E-state index contributed by atoms with van der Waals surface area (Å²) < 4.78 is 0. The Labute approximate surface area is 67.1 Å². The van der Waals surface area contributed by atoms with Gasteiger partial charge in [-0.2, -0.15) is 0 Å². The quantitative estimate of drug-likeness (QED) is 0.551. The molecule has 0 aromatic rings. The van der Waals surface area contributed by atoms with Gasteiger partial charge in [0.1, 0.15) is 0 Å². The summed E-state index contributed by atoms with van der Waals surface area (Å²) in [6.07, 6.45) is 19.5. The zero-order valence-corrected chi connectivity index (χ0v) is 6.27. The van der Waals surface area contributed by atoms with Crippen molar-refractivity contribution in [2.45, 2.75) is 0 Å². The van der Waals surface area contributed by atoms with Crippen molar-refractivity contribution < 1.29 is 0 Å². The number of hydrogen-bond acceptors (Lipinski definition) is 1. The summed E-state index contributed by atoms with van der Waals surface area (Å²) in [4.78, 5) is 0. The molecule has 0 unspecified atom stereocenters. The zero-order chi connectivity index (χ0) is 7.78. The van der Waals surface area contributed by atoms with Crippen molar-refractivity contribution in [2.24, 2.45) is 0 Å². The first-order valence-electron chi connectivity index (χ1n) is 3.58. The Morgan fingerprint density at radius 3 is 1.27 bits per heavy atom. The van der Waals surface area contributed by atoms with E-state index < -0.39 is 0 Å². The highest BCUT2D eigenvalue weighted by Crippen LogP contribution is 1.84. The molecular weight excluding hydrogens is 134 g/mol. The van der Waals surface area contributed by atoms with Crippen LogP contribution < -0.4 is 5.32 Å². The molecule has 1 heterocycles. The minimum atomic E-state index is 1.88. The molecule has 11 heavy (non-hydrogen) atoms. The monoisotopic (exact) mass is 145 g/mol. The van der Waals surface area contributed by atoms with Crippen LogP contribution in [0.1, 0.15) is 0 Å². The Balaban J connectivity index is 2.61. The third-order valence-electron chi connectivity index (χ3n) is 1.16. The van der Waals surface area contributed by atoms with Gasteiger partial charge in [-0.1, -0.05) is 36.5 Å². The SMILES string of the molecule is C1=C/C=C/C=C/C=CNC=C1. The van der Waals surface area contributed by atoms with E-state index in [1.54, 1.807) is 0 Å². The second-order valence-electron chi connectivity index (χ2n) is 2.04. The molecule has 1 rings (SSSR count). The average molecular weight is 145 g/mol. The van der Waals surface area contributed by atoms with Gasteiger partial charge in [0.15, 0.2) is 0 Å². The molecule has 1 aliphatic heterocycles. The third-order valence-corrected chi connectivity index (χ3v) is 1.16. The van der Waals surface area contributed by atoms with E-state index in [1.807, 2.05) is 61.0 Å². The molecule has 1 nitrogen and oxygen atoms in total. The maximum atomic E-state index is 2.99. The summed E-state index contributed by atoms with van der Waals surface area (Å²) in [6, 6.07) is 0. The lowest BCUT2D eigenvalue weighted by Crippen LogP contribution is -1.89. The molecule has 0 aromatic heterocycles. The summed E-state index contributed by atoms with van der Waals surface area (Å²) in [6.45, 7) is 0. The fourth-order valence-electron chi connectivity index (χ4n) is 0.663. The van der Waals surface area contributed by atoms with Crippen LogP contribution in [0.5, 0.6) is 0 Å². The number of hydrogen-bond donors (Lipinski definition) is 1. The molecule has 0 spiro atoms. The summed E-state index contributed by atoms with van der Waals surface area (Å²) in [5.41, 5.74) is 0. The topological polar surface area (TPSA) is 12.0 Å². The van der Waals surface area contributed by atoms with Crippen molar-refractivity contribution in [3.05, 3.63) is 61.0 Å². The van der Waals surface area contributed by atoms with Crippen LogP contribution in [0.3, 0.4) is 0 Å². The molecule has 0 aliphatic carbocycles. The third kappa shape index (κ3) is 3.98. The van der Waals surface area contributed by atoms with Crippen LogP contribution in [0.25, 0.3) is 0 Å². The van der Waals surface area contributed by atoms with Gasteiger partial charge in [0.2, 0.25) is 0 Å². The fourth-order valence-corrected chi connectivity index (χ4v) is 0.663. The predicted molar refractivity (Wildman–Crippen MR) is 48.8 cm³/mol. The Morgan fingerprint density at radius 1 is 0.455 bits per heavy atom. The molecule has 0 aromatic carbocycles. The van der Waals surface area contributed by atoms with Gasteiger partial charge < -0.3 is 5.32 Å². The number of allylic oxidation sites excluding steroid dienone is 8. The summed E-state index contributed by atoms with van der Waals surface area (Å²) in [5.74, 6) is 0. The molecule has 1 aliphatic rings. The standard InChI is InChI=1S/C10H11N/c1-2-4-6-8-10-11-9-7-5-3-1/h1-11H/b2-1+,5-3+,6-4?,9-7?,10-8?. The molecule has 1 heteroatoms. The first-order chi connectivity index (χ1) is 5.50. The molecule has 1 N–H and O–H groups in total. The van der Waals surface area contributed by atoms with Gasteiger partial charge in [0.25, 0.3) is 0 Å². The second-order valence-corrected chi connectivity index (χ2v) is 2.04. The summed E-state index contributed by atoms with van der Waals surface area (Å²) in [7, 11) is 0. The van der Waals surface area contributed by atoms with Crippen molar-refractivity contribution in [3.63, 3.8) is 0 Å². The predicted octanol–water partition coefficient (Wildman–Crippen LogP) is 2.29. The van der Waals surface area contributed by atoms with E-state index in [9.17, 15) is 0 Å². The minimum Gasteiger partial charge on any atom is -0.368 e. The number of nitrogens with one attached hydrogen (secondary N) is 1. The molecule has 0 saturated heterocycles. The van der Waals surface area contributed by atoms with Gasteiger partial charge in [0.05, 0.1) is 0 Å². The summed E-state index contributed by atoms with van der Waals surface area (Å²) >= 11 is 0. The van der Waals surface area contributed by atoms with Crippen LogP contribution in [0.15, 0.2) is 61.0 Å². The van der Waals surface area contributed by atoms with Crippen molar-refractivity contribution >= 4 is 0 Å². The summed E-state index contributed by atoms with van der Waals surface area (Å²) in [5, 5.41) is 2.99. The molecule has 0 atom stereocenters. The van der Waals surface area contributed by atoms with Crippen LogP contribution in [0, 0.1) is 0 Å². The average Bonchev–Trinajstić information content (AvgIpc) is 2.08. The van der Waals surface area contributed by atoms with Gasteiger partial charge in [-0.25, -0.2) is 0 Å². The van der Waals surface area contributed by atoms with Crippen molar-refractivity contribution in [2.75, 3.05) is 0 Å². The Morgan fingerprint density at radius 2 is 0.818 bits per heavy atom. The lowest BCUT2D eigenvalue weighted by Gasteiger charge is -1.83. The normalized spacial score (nSPS) is 21.8. The first-order valence-corrected chi connectivity index (χ1v) is 3.58. The maximum Gasteiger partial charge on any atom is 0.000442 e. The van der Waals surface area contributed by atoms with Crippen LogP contribution in [-0.2, 0) is 0 Å². The zero-order valence-electron chi connectivity index (χ0n) is 6.27. The van der Waals surface area contributed by atoms with Gasteiger partial charge in [-0.05, 0) is 12.2 Å². The molecule has 56 valence electrons. The molecule has 0 bridgehead atoms. The van der Waals surface area contributed by atoms with Gasteiger partial charge in [0, 0.05) is 12.4 Å². The van der Waals surface area contributed by atoms with Crippen LogP contribution >= 0.6 is 0 Å². The van der Waals surface area contributed by atoms with E-state index in [2.05, 4.69) is 5.32 Å². The highest BCUT2D eigenvalue weighted by Gasteiger charge is 1.67. The Bertz CT molecular complexity index is 205. The maximum absolute atomic E-state index is 2.99. The molecule has 0 radical (unpaired) electrons. The second kappa shape index (κ2) is 5.30. The van der Waals surface area contributed by atoms with Gasteiger partial charge >= 0.3 is 0 Å². The van der Waals surface area contributed by atoms with Crippen molar-refractivity contribution in [1.82, 2.24) is 5.32 Å². The van der Waals surface area contributed by atoms with E-state index in [-0.39, 0.29) is 0 Å². The Hall–Kier alpha value is -1.50. The Kier molecular flexibility index (Phi) is 3.66. The smallest absolute Gasteiger partial charge is 0.000442 e. The van der Waals surface area contributed by atoms with Crippen LogP contribution in [0.4, 0.5) is 0 Å². The van der Waals surface area contributed by atoms with Gasteiger partial charge in [-0.3, -0.25) is 0 Å². The van der Waals surface area contributed by atoms with Crippen molar-refractivity contribution in [1.29, 1.82) is 0 Å².